The number of nitrogens with zero attached hydrogens (tertiary/aromatic N) is 1. The van der Waals surface area contributed by atoms with Crippen LogP contribution in [0.2, 0.25) is 0 Å². The second-order valence-corrected chi connectivity index (χ2v) is 9.27. The lowest BCUT2D eigenvalue weighted by atomic mass is 10.0. The predicted molar refractivity (Wildman–Crippen MR) is 101 cm³/mol. The number of aromatic nitrogens is 1. The summed E-state index contributed by atoms with van der Waals surface area (Å²) in [4.78, 5) is 16.8. The molecule has 134 valence electrons. The fourth-order valence-corrected chi connectivity index (χ4v) is 5.31. The Morgan fingerprint density at radius 1 is 1.44 bits per heavy atom. The Kier molecular flexibility index (Phi) is 5.02. The number of fused-ring (bicyclic) bond motifs is 1. The van der Waals surface area contributed by atoms with Gasteiger partial charge in [0.2, 0.25) is 0 Å². The molecule has 1 aliphatic rings. The molecular formula is C17H19BrN2O4S. The van der Waals surface area contributed by atoms with E-state index in [2.05, 4.69) is 26.2 Å². The van der Waals surface area contributed by atoms with Crippen LogP contribution in [-0.2, 0) is 14.6 Å². The molecule has 3 rings (SSSR count). The van der Waals surface area contributed by atoms with Crippen molar-refractivity contribution in [1.82, 2.24) is 4.98 Å². The Hall–Kier alpha value is -1.67. The van der Waals surface area contributed by atoms with Gasteiger partial charge in [-0.05, 0) is 38.0 Å². The number of benzene rings is 1. The number of halogens is 1. The number of sulfone groups is 1. The molecule has 0 amide bonds. The molecule has 2 heterocycles. The lowest BCUT2D eigenvalue weighted by Gasteiger charge is -2.18. The minimum absolute atomic E-state index is 0.0616. The number of esters is 1. The smallest absolute Gasteiger partial charge is 0.341 e. The number of aryl methyl sites for hydroxylation is 1. The van der Waals surface area contributed by atoms with E-state index in [1.807, 2.05) is 19.1 Å². The highest BCUT2D eigenvalue weighted by atomic mass is 79.9. The third-order valence-corrected chi connectivity index (χ3v) is 6.43. The zero-order valence-electron chi connectivity index (χ0n) is 14.0. The van der Waals surface area contributed by atoms with Crippen molar-refractivity contribution in [2.75, 3.05) is 23.4 Å². The topological polar surface area (TPSA) is 85.4 Å². The van der Waals surface area contributed by atoms with Crippen LogP contribution in [0.25, 0.3) is 10.9 Å². The summed E-state index contributed by atoms with van der Waals surface area (Å²) in [7, 11) is -3.03. The third kappa shape index (κ3) is 3.79. The summed E-state index contributed by atoms with van der Waals surface area (Å²) in [5, 5.41) is 4.03. The number of carbonyl (C=O) groups is 1. The van der Waals surface area contributed by atoms with Crippen molar-refractivity contribution in [1.29, 1.82) is 0 Å². The van der Waals surface area contributed by atoms with Crippen LogP contribution in [0.3, 0.4) is 0 Å². The number of hydrogen-bond acceptors (Lipinski definition) is 6. The number of carbonyl (C=O) groups excluding carboxylic acids is 1. The molecule has 1 aromatic heterocycles. The molecule has 25 heavy (non-hydrogen) atoms. The second-order valence-electron chi connectivity index (χ2n) is 6.13. The highest BCUT2D eigenvalue weighted by Crippen LogP contribution is 2.33. The zero-order chi connectivity index (χ0) is 18.2. The van der Waals surface area contributed by atoms with Crippen LogP contribution in [0.1, 0.15) is 29.3 Å². The van der Waals surface area contributed by atoms with Crippen molar-refractivity contribution >= 4 is 48.3 Å². The van der Waals surface area contributed by atoms with Crippen molar-refractivity contribution in [3.63, 3.8) is 0 Å². The normalized spacial score (nSPS) is 19.1. The molecule has 0 aliphatic carbocycles. The molecule has 0 radical (unpaired) electrons. The first-order chi connectivity index (χ1) is 11.8. The highest BCUT2D eigenvalue weighted by Gasteiger charge is 2.29. The van der Waals surface area contributed by atoms with Gasteiger partial charge >= 0.3 is 5.97 Å². The average molecular weight is 427 g/mol. The number of pyridine rings is 1. The Labute approximate surface area is 155 Å². The fourth-order valence-electron chi connectivity index (χ4n) is 3.07. The minimum Gasteiger partial charge on any atom is -0.462 e. The average Bonchev–Trinajstić information content (AvgIpc) is 2.87. The maximum atomic E-state index is 12.3. The van der Waals surface area contributed by atoms with Crippen LogP contribution >= 0.6 is 15.9 Å². The predicted octanol–water partition coefficient (Wildman–Crippen LogP) is 3.08. The third-order valence-electron chi connectivity index (χ3n) is 4.20. The molecule has 1 fully saturated rings. The van der Waals surface area contributed by atoms with Gasteiger partial charge in [0, 0.05) is 22.1 Å². The largest absolute Gasteiger partial charge is 0.462 e. The summed E-state index contributed by atoms with van der Waals surface area (Å²) in [6.07, 6.45) is 2.01. The maximum Gasteiger partial charge on any atom is 0.341 e. The molecule has 0 bridgehead atoms. The molecule has 1 atom stereocenters. The molecule has 1 saturated heterocycles. The summed E-state index contributed by atoms with van der Waals surface area (Å²) in [5.41, 5.74) is 2.62. The van der Waals surface area contributed by atoms with Gasteiger partial charge in [-0.3, -0.25) is 4.98 Å². The quantitative estimate of drug-likeness (QED) is 0.755. The second kappa shape index (κ2) is 6.92. The molecule has 2 aromatic rings. The summed E-state index contributed by atoms with van der Waals surface area (Å²) >= 11 is 3.47. The van der Waals surface area contributed by atoms with E-state index in [1.165, 1.54) is 6.20 Å². The van der Waals surface area contributed by atoms with Gasteiger partial charge in [-0.1, -0.05) is 15.9 Å². The van der Waals surface area contributed by atoms with E-state index in [9.17, 15) is 13.2 Å². The molecule has 8 heteroatoms. The Bertz CT molecular complexity index is 943. The van der Waals surface area contributed by atoms with E-state index in [0.717, 1.165) is 20.9 Å². The fraction of sp³-hybridized carbons (Fsp3) is 0.412. The van der Waals surface area contributed by atoms with Crippen molar-refractivity contribution in [3.8, 4) is 0 Å². The summed E-state index contributed by atoms with van der Waals surface area (Å²) in [5.74, 6) is -0.255. The SMILES string of the molecule is CCOC(=O)c1cnc2c(C)cc(Br)cc2c1N[C@H]1CCS(=O)(=O)C1. The molecular weight excluding hydrogens is 408 g/mol. The zero-order valence-corrected chi connectivity index (χ0v) is 16.4. The molecule has 0 saturated carbocycles. The van der Waals surface area contributed by atoms with E-state index >= 15 is 0 Å². The summed E-state index contributed by atoms with van der Waals surface area (Å²) in [6, 6.07) is 3.59. The Morgan fingerprint density at radius 2 is 2.20 bits per heavy atom. The van der Waals surface area contributed by atoms with Gasteiger partial charge in [0.05, 0.1) is 29.3 Å². The summed E-state index contributed by atoms with van der Waals surface area (Å²) < 4.78 is 29.5. The van der Waals surface area contributed by atoms with Gasteiger partial charge in [0.15, 0.2) is 9.84 Å². The monoisotopic (exact) mass is 426 g/mol. The van der Waals surface area contributed by atoms with Crippen LogP contribution in [0, 0.1) is 6.92 Å². The van der Waals surface area contributed by atoms with E-state index in [-0.39, 0.29) is 24.2 Å². The van der Waals surface area contributed by atoms with Gasteiger partial charge < -0.3 is 10.1 Å². The van der Waals surface area contributed by atoms with Crippen molar-refractivity contribution in [2.24, 2.45) is 0 Å². The number of nitrogens with one attached hydrogen (secondary N) is 1. The Balaban J connectivity index is 2.13. The van der Waals surface area contributed by atoms with Gasteiger partial charge in [-0.25, -0.2) is 13.2 Å². The molecule has 1 N–H and O–H groups in total. The van der Waals surface area contributed by atoms with E-state index < -0.39 is 15.8 Å². The molecule has 6 nitrogen and oxygen atoms in total. The van der Waals surface area contributed by atoms with E-state index in [1.54, 1.807) is 6.92 Å². The van der Waals surface area contributed by atoms with Gasteiger partial charge in [-0.15, -0.1) is 0 Å². The highest BCUT2D eigenvalue weighted by molar-refractivity contribution is 9.10. The van der Waals surface area contributed by atoms with Crippen LogP contribution in [-0.4, -0.2) is 43.5 Å². The number of ether oxygens (including phenoxy) is 1. The molecule has 0 spiro atoms. The van der Waals surface area contributed by atoms with Gasteiger partial charge in [0.1, 0.15) is 5.56 Å². The Morgan fingerprint density at radius 3 is 2.84 bits per heavy atom. The summed E-state index contributed by atoms with van der Waals surface area (Å²) in [6.45, 7) is 3.93. The van der Waals surface area contributed by atoms with Crippen LogP contribution in [0.4, 0.5) is 5.69 Å². The lowest BCUT2D eigenvalue weighted by Crippen LogP contribution is -2.23. The maximum absolute atomic E-state index is 12.3. The van der Waals surface area contributed by atoms with Crippen molar-refractivity contribution < 1.29 is 17.9 Å². The van der Waals surface area contributed by atoms with Crippen molar-refractivity contribution in [2.45, 2.75) is 26.3 Å². The van der Waals surface area contributed by atoms with Crippen LogP contribution in [0.5, 0.6) is 0 Å². The molecule has 1 aromatic carbocycles. The number of hydrogen-bond donors (Lipinski definition) is 1. The van der Waals surface area contributed by atoms with E-state index in [0.29, 0.717) is 17.7 Å². The standard InChI is InChI=1S/C17H19BrN2O4S/c1-3-24-17(21)14-8-19-15-10(2)6-11(18)7-13(15)16(14)20-12-4-5-25(22,23)9-12/h6-8,12H,3-5,9H2,1-2H3,(H,19,20)/t12-/m0/s1. The lowest BCUT2D eigenvalue weighted by molar-refractivity contribution is 0.0527. The van der Waals surface area contributed by atoms with Gasteiger partial charge in [0.25, 0.3) is 0 Å². The number of anilines is 1. The minimum atomic E-state index is -3.03. The number of rotatable bonds is 4. The van der Waals surface area contributed by atoms with E-state index in [4.69, 9.17) is 4.74 Å². The first-order valence-corrected chi connectivity index (χ1v) is 10.6. The molecule has 1 aliphatic heterocycles. The van der Waals surface area contributed by atoms with Crippen molar-refractivity contribution in [3.05, 3.63) is 33.9 Å². The van der Waals surface area contributed by atoms with Crippen LogP contribution < -0.4 is 5.32 Å². The van der Waals surface area contributed by atoms with Crippen LogP contribution in [0.15, 0.2) is 22.8 Å². The molecule has 0 unspecified atom stereocenters. The first-order valence-electron chi connectivity index (χ1n) is 8.03. The van der Waals surface area contributed by atoms with Gasteiger partial charge in [-0.2, -0.15) is 0 Å². The first kappa shape index (κ1) is 18.1.